The molecule has 0 aliphatic carbocycles. The van der Waals surface area contributed by atoms with Gasteiger partial charge in [0, 0.05) is 28.6 Å². The molecule has 2 aromatic rings. The van der Waals surface area contributed by atoms with Crippen molar-refractivity contribution in [3.8, 4) is 0 Å². The van der Waals surface area contributed by atoms with Gasteiger partial charge in [-0.1, -0.05) is 17.2 Å². The molecular weight excluding hydrogens is 176 g/mol. The molecule has 0 radical (unpaired) electrons. The van der Waals surface area contributed by atoms with Crippen molar-refractivity contribution in [2.24, 2.45) is 5.11 Å². The van der Waals surface area contributed by atoms with Crippen LogP contribution in [0.15, 0.2) is 35.6 Å². The summed E-state index contributed by atoms with van der Waals surface area (Å²) >= 11 is 0. The van der Waals surface area contributed by atoms with Gasteiger partial charge in [-0.3, -0.25) is 0 Å². The van der Waals surface area contributed by atoms with Crippen LogP contribution >= 0.6 is 0 Å². The molecule has 70 valence electrons. The second-order valence-electron chi connectivity index (χ2n) is 3.06. The van der Waals surface area contributed by atoms with Gasteiger partial charge in [-0.25, -0.2) is 0 Å². The third-order valence-electron chi connectivity index (χ3n) is 2.23. The molecule has 1 heterocycles. The number of rotatable bonds is 3. The van der Waals surface area contributed by atoms with Crippen LogP contribution in [0.4, 0.5) is 0 Å². The minimum Gasteiger partial charge on any atom is -0.361 e. The maximum Gasteiger partial charge on any atom is 0.0456 e. The van der Waals surface area contributed by atoms with Crippen molar-refractivity contribution in [3.63, 3.8) is 0 Å². The Bertz CT molecular complexity index is 480. The number of nitrogens with one attached hydrogen (secondary N) is 1. The van der Waals surface area contributed by atoms with Crippen molar-refractivity contribution >= 4 is 10.9 Å². The van der Waals surface area contributed by atoms with Gasteiger partial charge in [-0.15, -0.1) is 0 Å². The molecule has 1 N–H and O–H groups in total. The summed E-state index contributed by atoms with van der Waals surface area (Å²) in [5.41, 5.74) is 10.5. The maximum atomic E-state index is 8.17. The second kappa shape index (κ2) is 3.85. The van der Waals surface area contributed by atoms with Crippen molar-refractivity contribution in [1.82, 2.24) is 4.98 Å². The molecule has 0 unspecified atom stereocenters. The van der Waals surface area contributed by atoms with Gasteiger partial charge in [0.15, 0.2) is 0 Å². The Morgan fingerprint density at radius 3 is 3.14 bits per heavy atom. The number of aromatic nitrogens is 1. The highest BCUT2D eigenvalue weighted by molar-refractivity contribution is 5.82. The summed E-state index contributed by atoms with van der Waals surface area (Å²) in [5, 5.41) is 4.74. The Balaban J connectivity index is 2.31. The fraction of sp³-hybridized carbons (Fsp3) is 0.200. The molecule has 0 saturated heterocycles. The minimum atomic E-state index is 0.515. The van der Waals surface area contributed by atoms with Crippen LogP contribution in [-0.2, 0) is 6.42 Å². The summed E-state index contributed by atoms with van der Waals surface area (Å²) in [4.78, 5) is 5.88. The van der Waals surface area contributed by atoms with Crippen LogP contribution < -0.4 is 0 Å². The highest BCUT2D eigenvalue weighted by atomic mass is 15.1. The number of hydrogen-bond donors (Lipinski definition) is 1. The smallest absolute Gasteiger partial charge is 0.0456 e. The van der Waals surface area contributed by atoms with Crippen molar-refractivity contribution in [2.45, 2.75) is 6.42 Å². The number of hydrogen-bond acceptors (Lipinski definition) is 1. The fourth-order valence-electron chi connectivity index (χ4n) is 1.58. The quantitative estimate of drug-likeness (QED) is 0.435. The van der Waals surface area contributed by atoms with Gasteiger partial charge < -0.3 is 4.98 Å². The van der Waals surface area contributed by atoms with Crippen LogP contribution in [0.5, 0.6) is 0 Å². The molecule has 4 heteroatoms. The molecule has 1 aromatic heterocycles. The molecule has 4 nitrogen and oxygen atoms in total. The first-order chi connectivity index (χ1) is 6.92. The largest absolute Gasteiger partial charge is 0.361 e. The molecular formula is C10H10N4. The van der Waals surface area contributed by atoms with Gasteiger partial charge in [0.25, 0.3) is 0 Å². The third-order valence-corrected chi connectivity index (χ3v) is 2.23. The lowest BCUT2D eigenvalue weighted by atomic mass is 10.1. The average Bonchev–Trinajstić information content (AvgIpc) is 2.67. The Morgan fingerprint density at radius 2 is 2.29 bits per heavy atom. The first-order valence-corrected chi connectivity index (χ1v) is 4.47. The van der Waals surface area contributed by atoms with Crippen molar-refractivity contribution in [2.75, 3.05) is 6.54 Å². The van der Waals surface area contributed by atoms with Gasteiger partial charge in [0.2, 0.25) is 0 Å². The SMILES string of the molecule is [N-]=[N+]=NCCc1cccc2[nH]ccc12. The molecule has 0 amide bonds. The van der Waals surface area contributed by atoms with Crippen molar-refractivity contribution in [3.05, 3.63) is 46.5 Å². The molecule has 0 atom stereocenters. The van der Waals surface area contributed by atoms with Gasteiger partial charge in [0.05, 0.1) is 0 Å². The van der Waals surface area contributed by atoms with Gasteiger partial charge in [-0.05, 0) is 29.6 Å². The van der Waals surface area contributed by atoms with E-state index in [4.69, 9.17) is 5.53 Å². The van der Waals surface area contributed by atoms with Crippen LogP contribution in [0.2, 0.25) is 0 Å². The Hall–Kier alpha value is -1.93. The number of azide groups is 1. The number of nitrogens with zero attached hydrogens (tertiary/aromatic N) is 3. The van der Waals surface area contributed by atoms with Crippen molar-refractivity contribution in [1.29, 1.82) is 0 Å². The summed E-state index contributed by atoms with van der Waals surface area (Å²) in [7, 11) is 0. The Morgan fingerprint density at radius 1 is 1.36 bits per heavy atom. The van der Waals surface area contributed by atoms with E-state index in [-0.39, 0.29) is 0 Å². The average molecular weight is 186 g/mol. The molecule has 14 heavy (non-hydrogen) atoms. The summed E-state index contributed by atoms with van der Waals surface area (Å²) in [6.07, 6.45) is 2.71. The van der Waals surface area contributed by atoms with E-state index >= 15 is 0 Å². The lowest BCUT2D eigenvalue weighted by molar-refractivity contribution is 0.964. The zero-order valence-electron chi connectivity index (χ0n) is 7.64. The summed E-state index contributed by atoms with van der Waals surface area (Å²) < 4.78 is 0. The predicted molar refractivity (Wildman–Crippen MR) is 56.0 cm³/mol. The first-order valence-electron chi connectivity index (χ1n) is 4.47. The lowest BCUT2D eigenvalue weighted by Gasteiger charge is -1.99. The highest BCUT2D eigenvalue weighted by Gasteiger charge is 1.99. The maximum absolute atomic E-state index is 8.17. The fourth-order valence-corrected chi connectivity index (χ4v) is 1.58. The van der Waals surface area contributed by atoms with E-state index in [0.717, 1.165) is 11.9 Å². The Kier molecular flexibility index (Phi) is 2.38. The van der Waals surface area contributed by atoms with E-state index in [1.807, 2.05) is 24.4 Å². The summed E-state index contributed by atoms with van der Waals surface area (Å²) in [6.45, 7) is 0.515. The topological polar surface area (TPSA) is 64.6 Å². The molecule has 0 bridgehead atoms. The molecule has 0 spiro atoms. The van der Waals surface area contributed by atoms with Gasteiger partial charge in [0.1, 0.15) is 0 Å². The van der Waals surface area contributed by atoms with E-state index in [0.29, 0.717) is 6.54 Å². The van der Waals surface area contributed by atoms with Crippen LogP contribution in [0.25, 0.3) is 21.3 Å². The minimum absolute atomic E-state index is 0.515. The van der Waals surface area contributed by atoms with Gasteiger partial charge >= 0.3 is 0 Å². The third kappa shape index (κ3) is 1.56. The molecule has 2 rings (SSSR count). The van der Waals surface area contributed by atoms with E-state index in [1.54, 1.807) is 0 Å². The number of aromatic amines is 1. The van der Waals surface area contributed by atoms with Crippen LogP contribution in [0.1, 0.15) is 5.56 Å². The molecule has 0 fully saturated rings. The molecule has 0 aliphatic rings. The lowest BCUT2D eigenvalue weighted by Crippen LogP contribution is -1.88. The Labute approximate surface area is 81.2 Å². The van der Waals surface area contributed by atoms with Gasteiger partial charge in [-0.2, -0.15) is 0 Å². The standard InChI is InChI=1S/C10H10N4/c11-14-13-7-4-8-2-1-3-10-9(8)5-6-12-10/h1-3,5-6,12H,4,7H2. The molecule has 1 aromatic carbocycles. The zero-order valence-corrected chi connectivity index (χ0v) is 7.64. The number of benzene rings is 1. The monoisotopic (exact) mass is 186 g/mol. The predicted octanol–water partition coefficient (Wildman–Crippen LogP) is 3.02. The van der Waals surface area contributed by atoms with Crippen molar-refractivity contribution < 1.29 is 0 Å². The first kappa shape index (κ1) is 8.66. The van der Waals surface area contributed by atoms with E-state index in [2.05, 4.69) is 21.1 Å². The second-order valence-corrected chi connectivity index (χ2v) is 3.06. The van der Waals surface area contributed by atoms with Crippen LogP contribution in [-0.4, -0.2) is 11.5 Å². The highest BCUT2D eigenvalue weighted by Crippen LogP contribution is 2.17. The molecule has 0 aliphatic heterocycles. The van der Waals surface area contributed by atoms with E-state index < -0.39 is 0 Å². The number of fused-ring (bicyclic) bond motifs is 1. The van der Waals surface area contributed by atoms with E-state index in [1.165, 1.54) is 10.9 Å². The number of H-pyrrole nitrogens is 1. The summed E-state index contributed by atoms with van der Waals surface area (Å²) in [5.74, 6) is 0. The normalized spacial score (nSPS) is 10.0. The summed E-state index contributed by atoms with van der Waals surface area (Å²) in [6, 6.07) is 8.14. The molecule has 0 saturated carbocycles. The van der Waals surface area contributed by atoms with E-state index in [9.17, 15) is 0 Å². The van der Waals surface area contributed by atoms with Crippen LogP contribution in [0, 0.1) is 0 Å². The zero-order chi connectivity index (χ0) is 9.80. The van der Waals surface area contributed by atoms with Crippen LogP contribution in [0.3, 0.4) is 0 Å².